The average molecular weight is 652 g/mol. The van der Waals surface area contributed by atoms with Gasteiger partial charge in [-0.15, -0.1) is 0 Å². The Kier molecular flexibility index (Phi) is 10.3. The fourth-order valence-corrected chi connectivity index (χ4v) is 12.8. The summed E-state index contributed by atoms with van der Waals surface area (Å²) in [6, 6.07) is 0. The molecule has 1 amide bonds. The van der Waals surface area contributed by atoms with Crippen molar-refractivity contribution in [3.8, 4) is 0 Å². The number of aliphatic hydroxyl groups excluding tert-OH is 1. The number of fused-ring (bicyclic) bond motifs is 7. The van der Waals surface area contributed by atoms with E-state index < -0.39 is 0 Å². The SMILES string of the molecule is CC(C)=CCCC(C)=CCSCCNC(=O)C1(C)CC[C@]2(C)CC[C@]3(C)C(=CC[C@@H]4[C@@]5(C)CC[C@H](O)C(C)(C)C5CC[C@]43C)[C@@H]2C1. The van der Waals surface area contributed by atoms with E-state index in [4.69, 9.17) is 0 Å². The number of carbonyl (C=O) groups excluding carboxylic acids is 1. The molecule has 4 saturated carbocycles. The van der Waals surface area contributed by atoms with Crippen LogP contribution in [0.3, 0.4) is 0 Å². The van der Waals surface area contributed by atoms with Crippen molar-refractivity contribution < 1.29 is 9.90 Å². The second-order valence-corrected chi connectivity index (χ2v) is 20.0. The quantitative estimate of drug-likeness (QED) is 0.193. The highest BCUT2D eigenvalue weighted by Crippen LogP contribution is 2.75. The first-order valence-electron chi connectivity index (χ1n) is 19.0. The standard InChI is InChI=1S/C42H69NO2S/c1-29(2)12-11-13-30(3)18-26-46-27-25-43-36(45)39(7)22-21-38(6)23-24-41(9)31(32(38)28-39)14-15-34-40(8)19-17-35(44)37(4,5)33(40)16-20-42(34,41)10/h12,14,18,32-35,44H,11,13,15-17,19-28H2,1-10H3,(H,43,45)/t32-,33?,34+,35-,38+,39?,40-,41+,42+/m0/s1. The maximum atomic E-state index is 13.9. The highest BCUT2D eigenvalue weighted by Gasteiger charge is 2.68. The van der Waals surface area contributed by atoms with Gasteiger partial charge in [0.1, 0.15) is 0 Å². The lowest BCUT2D eigenvalue weighted by molar-refractivity contribution is -0.203. The number of hydrogen-bond donors (Lipinski definition) is 2. The van der Waals surface area contributed by atoms with E-state index in [1.165, 1.54) is 43.3 Å². The largest absolute Gasteiger partial charge is 0.393 e. The van der Waals surface area contributed by atoms with Gasteiger partial charge in [-0.2, -0.15) is 11.8 Å². The number of aliphatic hydroxyl groups is 1. The normalized spacial score (nSPS) is 43.3. The Morgan fingerprint density at radius 2 is 1.65 bits per heavy atom. The molecule has 5 aliphatic rings. The lowest BCUT2D eigenvalue weighted by atomic mass is 9.33. The minimum atomic E-state index is -0.291. The van der Waals surface area contributed by atoms with Crippen LogP contribution in [0.4, 0.5) is 0 Å². The van der Waals surface area contributed by atoms with Crippen LogP contribution in [0.2, 0.25) is 0 Å². The first kappa shape index (κ1) is 36.3. The summed E-state index contributed by atoms with van der Waals surface area (Å²) in [6.45, 7) is 24.8. The van der Waals surface area contributed by atoms with Crippen LogP contribution in [-0.4, -0.2) is 35.2 Å². The molecular weight excluding hydrogens is 583 g/mol. The number of allylic oxidation sites excluding steroid dienone is 5. The third-order valence-electron chi connectivity index (χ3n) is 15.5. The lowest BCUT2D eigenvalue weighted by Crippen LogP contribution is -2.64. The van der Waals surface area contributed by atoms with E-state index in [2.05, 4.69) is 92.8 Å². The van der Waals surface area contributed by atoms with E-state index in [-0.39, 0.29) is 39.1 Å². The Bertz CT molecular complexity index is 1240. The number of rotatable bonds is 9. The van der Waals surface area contributed by atoms with Crippen LogP contribution in [0, 0.1) is 50.2 Å². The smallest absolute Gasteiger partial charge is 0.225 e. The molecule has 0 aromatic carbocycles. The van der Waals surface area contributed by atoms with Gasteiger partial charge in [-0.3, -0.25) is 4.79 Å². The number of thioether (sulfide) groups is 1. The Labute approximate surface area is 287 Å². The maximum absolute atomic E-state index is 13.9. The number of nitrogens with one attached hydrogen (secondary N) is 1. The number of hydrogen-bond acceptors (Lipinski definition) is 3. The molecule has 9 atom stereocenters. The van der Waals surface area contributed by atoms with E-state index in [1.807, 2.05) is 11.8 Å². The molecule has 2 unspecified atom stereocenters. The summed E-state index contributed by atoms with van der Waals surface area (Å²) in [6.07, 6.45) is 21.0. The van der Waals surface area contributed by atoms with Crippen molar-refractivity contribution in [1.29, 1.82) is 0 Å². The molecule has 5 rings (SSSR count). The fraction of sp³-hybridized carbons (Fsp3) is 0.833. The molecular formula is C42H69NO2S. The first-order valence-corrected chi connectivity index (χ1v) is 20.1. The number of amides is 1. The minimum Gasteiger partial charge on any atom is -0.393 e. The van der Waals surface area contributed by atoms with Gasteiger partial charge in [-0.25, -0.2) is 0 Å². The summed E-state index contributed by atoms with van der Waals surface area (Å²) in [5.41, 5.74) is 5.32. The second kappa shape index (κ2) is 13.0. The molecule has 0 heterocycles. The van der Waals surface area contributed by atoms with Crippen LogP contribution in [0.1, 0.15) is 146 Å². The van der Waals surface area contributed by atoms with Crippen molar-refractivity contribution in [1.82, 2.24) is 5.32 Å². The molecule has 0 aromatic rings. The molecule has 260 valence electrons. The van der Waals surface area contributed by atoms with E-state index >= 15 is 0 Å². The first-order chi connectivity index (χ1) is 21.4. The molecule has 0 bridgehead atoms. The van der Waals surface area contributed by atoms with Crippen LogP contribution >= 0.6 is 11.8 Å². The molecule has 0 aromatic heterocycles. The molecule has 3 nitrogen and oxygen atoms in total. The average Bonchev–Trinajstić information content (AvgIpc) is 2.98. The lowest BCUT2D eigenvalue weighted by Gasteiger charge is -2.71. The third-order valence-corrected chi connectivity index (χ3v) is 16.4. The topological polar surface area (TPSA) is 49.3 Å². The van der Waals surface area contributed by atoms with Gasteiger partial charge in [-0.1, -0.05) is 83.4 Å². The Morgan fingerprint density at radius 1 is 0.935 bits per heavy atom. The van der Waals surface area contributed by atoms with Gasteiger partial charge >= 0.3 is 0 Å². The zero-order valence-corrected chi connectivity index (χ0v) is 32.2. The summed E-state index contributed by atoms with van der Waals surface area (Å²) in [4.78, 5) is 13.9. The van der Waals surface area contributed by atoms with Gasteiger partial charge in [0.05, 0.1) is 6.10 Å². The third kappa shape index (κ3) is 6.16. The van der Waals surface area contributed by atoms with E-state index in [1.54, 1.807) is 5.57 Å². The number of carbonyl (C=O) groups is 1. The van der Waals surface area contributed by atoms with E-state index in [0.717, 1.165) is 63.0 Å². The Hall–Kier alpha value is -1.00. The van der Waals surface area contributed by atoms with Gasteiger partial charge in [0.25, 0.3) is 0 Å². The summed E-state index contributed by atoms with van der Waals surface area (Å²) >= 11 is 1.93. The van der Waals surface area contributed by atoms with Crippen molar-refractivity contribution in [2.45, 2.75) is 152 Å². The molecule has 5 aliphatic carbocycles. The summed E-state index contributed by atoms with van der Waals surface area (Å²) in [5, 5.41) is 14.4. The van der Waals surface area contributed by atoms with Crippen LogP contribution in [0.25, 0.3) is 0 Å². The summed E-state index contributed by atoms with van der Waals surface area (Å²) < 4.78 is 0. The monoisotopic (exact) mass is 652 g/mol. The maximum Gasteiger partial charge on any atom is 0.225 e. The molecule has 0 radical (unpaired) electrons. The van der Waals surface area contributed by atoms with Crippen LogP contribution < -0.4 is 5.32 Å². The fourth-order valence-electron chi connectivity index (χ4n) is 12.0. The van der Waals surface area contributed by atoms with Gasteiger partial charge in [0.2, 0.25) is 5.91 Å². The predicted octanol–water partition coefficient (Wildman–Crippen LogP) is 10.7. The zero-order valence-electron chi connectivity index (χ0n) is 31.4. The summed E-state index contributed by atoms with van der Waals surface area (Å²) in [7, 11) is 0. The van der Waals surface area contributed by atoms with Crippen molar-refractivity contribution in [2.75, 3.05) is 18.1 Å². The van der Waals surface area contributed by atoms with Crippen LogP contribution in [0.5, 0.6) is 0 Å². The molecule has 2 N–H and O–H groups in total. The second-order valence-electron chi connectivity index (χ2n) is 18.8. The highest BCUT2D eigenvalue weighted by molar-refractivity contribution is 7.99. The van der Waals surface area contributed by atoms with Crippen molar-refractivity contribution in [3.05, 3.63) is 34.9 Å². The van der Waals surface area contributed by atoms with Crippen molar-refractivity contribution in [3.63, 3.8) is 0 Å². The Balaban J connectivity index is 1.25. The van der Waals surface area contributed by atoms with Gasteiger partial charge in [-0.05, 0) is 143 Å². The van der Waals surface area contributed by atoms with E-state index in [0.29, 0.717) is 23.2 Å². The van der Waals surface area contributed by atoms with Gasteiger partial charge in [0.15, 0.2) is 0 Å². The Morgan fingerprint density at radius 3 is 2.37 bits per heavy atom. The summed E-state index contributed by atoms with van der Waals surface area (Å²) in [5.74, 6) is 4.03. The van der Waals surface area contributed by atoms with Gasteiger partial charge < -0.3 is 10.4 Å². The molecule has 4 heteroatoms. The molecule has 0 spiro atoms. The molecule has 0 aliphatic heterocycles. The van der Waals surface area contributed by atoms with Crippen LogP contribution in [0.15, 0.2) is 34.9 Å². The van der Waals surface area contributed by atoms with Crippen LogP contribution in [-0.2, 0) is 4.79 Å². The zero-order chi connectivity index (χ0) is 33.8. The van der Waals surface area contributed by atoms with Crippen molar-refractivity contribution in [2.24, 2.45) is 50.2 Å². The highest BCUT2D eigenvalue weighted by atomic mass is 32.2. The predicted molar refractivity (Wildman–Crippen MR) is 198 cm³/mol. The molecule has 46 heavy (non-hydrogen) atoms. The van der Waals surface area contributed by atoms with Crippen molar-refractivity contribution >= 4 is 17.7 Å². The molecule has 0 saturated heterocycles. The van der Waals surface area contributed by atoms with E-state index in [9.17, 15) is 9.90 Å². The molecule has 4 fully saturated rings. The minimum absolute atomic E-state index is 0.0115. The van der Waals surface area contributed by atoms with Gasteiger partial charge in [0, 0.05) is 23.5 Å².